The molecule has 2 N–H and O–H groups in total. The second kappa shape index (κ2) is 12.9. The molecule has 4 nitrogen and oxygen atoms in total. The van der Waals surface area contributed by atoms with E-state index in [1.807, 2.05) is 12.1 Å². The number of aliphatic hydroxyl groups is 1. The van der Waals surface area contributed by atoms with E-state index in [-0.39, 0.29) is 38.2 Å². The van der Waals surface area contributed by atoms with Gasteiger partial charge >= 0.3 is 0 Å². The van der Waals surface area contributed by atoms with Gasteiger partial charge in [-0.05, 0) is 36.4 Å². The largest absolute Gasteiger partial charge is 0.451 e. The highest BCUT2D eigenvalue weighted by atomic mass is 35.5. The van der Waals surface area contributed by atoms with Crippen molar-refractivity contribution in [2.45, 2.75) is 0 Å². The lowest BCUT2D eigenvalue weighted by Crippen LogP contribution is -2.25. The average Bonchev–Trinajstić information content (AvgIpc) is 2.71. The molecule has 1 aromatic heterocycles. The monoisotopic (exact) mass is 556 g/mol. The number of thiocarbonyl (C=S) groups is 1. The number of benzene rings is 2. The molecule has 3 aromatic rings. The Labute approximate surface area is 215 Å². The smallest absolute Gasteiger partial charge is 0.164 e. The van der Waals surface area contributed by atoms with Crippen LogP contribution < -0.4 is 10.1 Å². The highest BCUT2D eigenvalue weighted by molar-refractivity contribution is 7.80. The number of halogens is 6. The third kappa shape index (κ3) is 8.12. The van der Waals surface area contributed by atoms with Gasteiger partial charge in [0.05, 0.1) is 26.7 Å². The molecule has 0 saturated heterocycles. The highest BCUT2D eigenvalue weighted by Gasteiger charge is 2.15. The van der Waals surface area contributed by atoms with Crippen molar-refractivity contribution in [1.82, 2.24) is 10.3 Å². The summed E-state index contributed by atoms with van der Waals surface area (Å²) in [5.41, 5.74) is 0.876. The van der Waals surface area contributed by atoms with Gasteiger partial charge in [-0.15, -0.1) is 0 Å². The van der Waals surface area contributed by atoms with Crippen LogP contribution in [0.5, 0.6) is 11.5 Å². The Morgan fingerprint density at radius 1 is 0.903 bits per heavy atom. The first-order valence-electron chi connectivity index (χ1n) is 8.49. The summed E-state index contributed by atoms with van der Waals surface area (Å²) in [6, 6.07) is 9.70. The van der Waals surface area contributed by atoms with E-state index < -0.39 is 0 Å². The molecular weight excluding hydrogens is 545 g/mol. The number of nitrogens with one attached hydrogen (secondary N) is 1. The zero-order chi connectivity index (χ0) is 23.0. The molecule has 0 aliphatic heterocycles. The van der Waals surface area contributed by atoms with Crippen LogP contribution in [0, 0.1) is 0 Å². The molecule has 0 fully saturated rings. The molecular formula is C20H14Cl6N2O2S. The normalized spacial score (nSPS) is 10.2. The number of hydrogen-bond donors (Lipinski definition) is 2. The number of nitrogens with zero attached hydrogens (tertiary/aromatic N) is 1. The number of pyridine rings is 1. The van der Waals surface area contributed by atoms with Crippen molar-refractivity contribution in [1.29, 1.82) is 0 Å². The second-order valence-corrected chi connectivity index (χ2v) is 8.63. The number of hydrogen-bond acceptors (Lipinski definition) is 4. The van der Waals surface area contributed by atoms with E-state index in [1.54, 1.807) is 12.4 Å². The second-order valence-electron chi connectivity index (χ2n) is 5.72. The molecule has 0 aliphatic carbocycles. The third-order valence-corrected chi connectivity index (χ3v) is 5.39. The fourth-order valence-electron chi connectivity index (χ4n) is 2.12. The van der Waals surface area contributed by atoms with Crippen LogP contribution in [0.2, 0.25) is 30.1 Å². The zero-order valence-corrected chi connectivity index (χ0v) is 20.9. The van der Waals surface area contributed by atoms with Crippen molar-refractivity contribution >= 4 is 86.8 Å². The Hall–Kier alpha value is -1.02. The van der Waals surface area contributed by atoms with Gasteiger partial charge in [-0.3, -0.25) is 4.98 Å². The predicted octanol–water partition coefficient (Wildman–Crippen LogP) is 7.74. The molecule has 1 heterocycles. The van der Waals surface area contributed by atoms with Crippen LogP contribution in [0.4, 0.5) is 0 Å². The number of aliphatic hydroxyl groups excluding tert-OH is 1. The topological polar surface area (TPSA) is 54.4 Å². The summed E-state index contributed by atoms with van der Waals surface area (Å²) in [6.07, 6.45) is 3.38. The zero-order valence-electron chi connectivity index (χ0n) is 15.5. The molecule has 3 rings (SSSR count). The summed E-state index contributed by atoms with van der Waals surface area (Å²) in [5.74, 6) is 0.442. The highest BCUT2D eigenvalue weighted by Crippen LogP contribution is 2.44. The van der Waals surface area contributed by atoms with Crippen LogP contribution in [-0.4, -0.2) is 28.2 Å². The maximum atomic E-state index is 8.52. The van der Waals surface area contributed by atoms with Gasteiger partial charge in [0.2, 0.25) is 0 Å². The fourth-order valence-corrected chi connectivity index (χ4v) is 4.13. The van der Waals surface area contributed by atoms with Gasteiger partial charge in [0.15, 0.2) is 11.5 Å². The quantitative estimate of drug-likeness (QED) is 0.314. The minimum atomic E-state index is 0.0837. The number of rotatable bonds is 5. The van der Waals surface area contributed by atoms with Crippen LogP contribution in [0.25, 0.3) is 0 Å². The maximum absolute atomic E-state index is 8.52. The molecule has 2 aromatic carbocycles. The summed E-state index contributed by atoms with van der Waals surface area (Å²) < 4.78 is 5.57. The SMILES string of the molecule is Clc1cc(Cl)c(Oc2c(Cl)cc(Cl)cc2Cl)c(Cl)c1.OCCNC(=S)c1cccnc1. The van der Waals surface area contributed by atoms with Gasteiger partial charge in [-0.1, -0.05) is 81.8 Å². The van der Waals surface area contributed by atoms with E-state index in [4.69, 9.17) is 91.7 Å². The van der Waals surface area contributed by atoms with Gasteiger partial charge in [0, 0.05) is 34.5 Å². The lowest BCUT2D eigenvalue weighted by molar-refractivity contribution is 0.301. The van der Waals surface area contributed by atoms with Crippen molar-refractivity contribution < 1.29 is 9.84 Å². The minimum Gasteiger partial charge on any atom is -0.451 e. The Kier molecular flexibility index (Phi) is 10.9. The molecule has 164 valence electrons. The molecule has 0 unspecified atom stereocenters. The van der Waals surface area contributed by atoms with Crippen molar-refractivity contribution in [3.8, 4) is 11.5 Å². The number of ether oxygens (including phenoxy) is 1. The standard InChI is InChI=1S/C12H4Cl6O.C8H10N2OS/c13-5-1-7(15)11(8(16)2-5)19-12-9(17)3-6(14)4-10(12)18;11-5-4-10-8(12)7-2-1-3-9-6-7/h1-4H;1-3,6,11H,4-5H2,(H,10,12). The van der Waals surface area contributed by atoms with Crippen molar-refractivity contribution in [3.63, 3.8) is 0 Å². The molecule has 0 bridgehead atoms. The summed E-state index contributed by atoms with van der Waals surface area (Å²) in [7, 11) is 0. The molecule has 31 heavy (non-hydrogen) atoms. The van der Waals surface area contributed by atoms with Crippen LogP contribution >= 0.6 is 81.8 Å². The van der Waals surface area contributed by atoms with Crippen molar-refractivity contribution in [2.24, 2.45) is 0 Å². The van der Waals surface area contributed by atoms with Crippen LogP contribution in [-0.2, 0) is 0 Å². The maximum Gasteiger partial charge on any atom is 0.164 e. The third-order valence-electron chi connectivity index (χ3n) is 3.45. The lowest BCUT2D eigenvalue weighted by atomic mass is 10.3. The van der Waals surface area contributed by atoms with E-state index in [0.717, 1.165) is 5.56 Å². The fraction of sp³-hybridized carbons (Fsp3) is 0.100. The summed E-state index contributed by atoms with van der Waals surface area (Å²) >= 11 is 40.7. The minimum absolute atomic E-state index is 0.0837. The van der Waals surface area contributed by atoms with E-state index in [1.165, 1.54) is 24.3 Å². The predicted molar refractivity (Wildman–Crippen MR) is 134 cm³/mol. The molecule has 0 atom stereocenters. The summed E-state index contributed by atoms with van der Waals surface area (Å²) in [4.78, 5) is 4.55. The van der Waals surface area contributed by atoms with Gasteiger partial charge in [-0.2, -0.15) is 0 Å². The first kappa shape index (κ1) is 26.2. The van der Waals surface area contributed by atoms with Crippen LogP contribution in [0.1, 0.15) is 5.56 Å². The summed E-state index contributed by atoms with van der Waals surface area (Å²) in [6.45, 7) is 0.564. The Bertz CT molecular complexity index is 952. The average molecular weight is 559 g/mol. The molecule has 11 heteroatoms. The summed E-state index contributed by atoms with van der Waals surface area (Å²) in [5, 5.41) is 13.2. The van der Waals surface area contributed by atoms with Gasteiger partial charge in [0.1, 0.15) is 4.99 Å². The van der Waals surface area contributed by atoms with Crippen LogP contribution in [0.15, 0.2) is 48.8 Å². The first-order chi connectivity index (χ1) is 14.7. The Morgan fingerprint density at radius 3 is 1.77 bits per heavy atom. The molecule has 0 radical (unpaired) electrons. The van der Waals surface area contributed by atoms with E-state index in [0.29, 0.717) is 21.6 Å². The molecule has 0 saturated carbocycles. The van der Waals surface area contributed by atoms with Gasteiger partial charge < -0.3 is 15.2 Å². The van der Waals surface area contributed by atoms with E-state index >= 15 is 0 Å². The number of aromatic nitrogens is 1. The lowest BCUT2D eigenvalue weighted by Gasteiger charge is -2.12. The van der Waals surface area contributed by atoms with E-state index in [9.17, 15) is 0 Å². The molecule has 0 aliphatic rings. The van der Waals surface area contributed by atoms with Gasteiger partial charge in [-0.25, -0.2) is 0 Å². The van der Waals surface area contributed by atoms with Crippen molar-refractivity contribution in [2.75, 3.05) is 13.2 Å². The van der Waals surface area contributed by atoms with Crippen LogP contribution in [0.3, 0.4) is 0 Å². The molecule has 0 amide bonds. The van der Waals surface area contributed by atoms with Crippen molar-refractivity contribution in [3.05, 3.63) is 84.5 Å². The molecule has 0 spiro atoms. The van der Waals surface area contributed by atoms with Gasteiger partial charge in [0.25, 0.3) is 0 Å². The Balaban J connectivity index is 0.000000245. The van der Waals surface area contributed by atoms with E-state index in [2.05, 4.69) is 10.3 Å². The first-order valence-corrected chi connectivity index (χ1v) is 11.2. The Morgan fingerprint density at radius 2 is 1.39 bits per heavy atom.